The van der Waals surface area contributed by atoms with Crippen molar-refractivity contribution in [3.63, 3.8) is 0 Å². The van der Waals surface area contributed by atoms with E-state index < -0.39 is 8.32 Å². The van der Waals surface area contributed by atoms with Crippen LogP contribution in [-0.4, -0.2) is 37.5 Å². The van der Waals surface area contributed by atoms with Gasteiger partial charge < -0.3 is 28.3 Å². The Morgan fingerprint density at radius 1 is 0.905 bits per heavy atom. The molecule has 108 valence electrons. The predicted octanol–water partition coefficient (Wildman–Crippen LogP) is -0.371. The molecule has 0 saturated carbocycles. The van der Waals surface area contributed by atoms with Crippen molar-refractivity contribution in [1.29, 1.82) is 0 Å². The van der Waals surface area contributed by atoms with Gasteiger partial charge in [0.1, 0.15) is 0 Å². The van der Waals surface area contributed by atoms with Gasteiger partial charge in [-0.15, -0.1) is 0 Å². The van der Waals surface area contributed by atoms with Crippen LogP contribution in [0.15, 0.2) is 60.7 Å². The van der Waals surface area contributed by atoms with Crippen molar-refractivity contribution in [3.8, 4) is 0 Å². The summed E-state index contributed by atoms with van der Waals surface area (Å²) >= 11 is 0. The topological polar surface area (TPSA) is 9.23 Å². The number of benzene rings is 2. The van der Waals surface area contributed by atoms with Crippen LogP contribution in [0.25, 0.3) is 0 Å². The molecule has 0 atom stereocenters. The van der Waals surface area contributed by atoms with Gasteiger partial charge in [-0.05, 0) is 24.2 Å². The smallest absolute Gasteiger partial charge is 1.00 e. The zero-order chi connectivity index (χ0) is 13.7. The summed E-state index contributed by atoms with van der Waals surface area (Å²) in [6.45, 7) is 8.40. The molecule has 0 aliphatic rings. The van der Waals surface area contributed by atoms with Gasteiger partial charge in [0.05, 0.1) is 0 Å². The molecule has 0 heterocycles. The van der Waals surface area contributed by atoms with E-state index >= 15 is 0 Å². The van der Waals surface area contributed by atoms with Crippen LogP contribution in [-0.2, 0) is 4.43 Å². The number of hydrogen-bond donors (Lipinski definition) is 0. The number of hydrogen-bond acceptors (Lipinski definition) is 1. The Balaban J connectivity index is 0.00000200. The molecule has 0 N–H and O–H groups in total. The average molecular weight is 374 g/mol. The van der Waals surface area contributed by atoms with E-state index in [4.69, 9.17) is 4.43 Å². The molecule has 0 aromatic heterocycles. The van der Waals surface area contributed by atoms with Gasteiger partial charge in [-0.25, -0.2) is 0 Å². The fourth-order valence-corrected chi connectivity index (χ4v) is 6.03. The van der Waals surface area contributed by atoms with E-state index in [2.05, 4.69) is 69.3 Å². The minimum Gasteiger partial charge on any atom is -1.00 e. The van der Waals surface area contributed by atoms with Crippen LogP contribution in [0.4, 0.5) is 0 Å². The minimum atomic E-state index is -2.20. The van der Waals surface area contributed by atoms with E-state index in [1.807, 2.05) is 12.1 Å². The van der Waals surface area contributed by atoms with Crippen LogP contribution >= 0.6 is 0 Å². The first-order valence-electron chi connectivity index (χ1n) is 6.77. The molecule has 2 aromatic carbocycles. The van der Waals surface area contributed by atoms with Crippen LogP contribution in [0, 0.1) is 6.92 Å². The summed E-state index contributed by atoms with van der Waals surface area (Å²) in [4.78, 5) is 0. The molecule has 0 amide bonds. The van der Waals surface area contributed by atoms with Crippen LogP contribution < -0.4 is 27.4 Å². The molecule has 2 rings (SSSR count). The summed E-state index contributed by atoms with van der Waals surface area (Å²) in [5.41, 5.74) is 0. The van der Waals surface area contributed by atoms with Gasteiger partial charge in [-0.2, -0.15) is 6.04 Å². The first kappa shape index (κ1) is 20.9. The van der Waals surface area contributed by atoms with Crippen molar-refractivity contribution >= 4 is 41.7 Å². The Labute approximate surface area is 156 Å². The van der Waals surface area contributed by atoms with Crippen molar-refractivity contribution in [2.24, 2.45) is 0 Å². The summed E-state index contributed by atoms with van der Waals surface area (Å²) in [6, 6.07) is 21.9. The largest absolute Gasteiger partial charge is 2.00 e. The van der Waals surface area contributed by atoms with Crippen molar-refractivity contribution in [1.82, 2.24) is 0 Å². The summed E-state index contributed by atoms with van der Waals surface area (Å²) < 4.78 is 6.44. The SMILES string of the molecule is [Br-].[CH2-]C[Si](OC(C)C)(c1ccccc1)c1ccccc1.[Mg+2]. The van der Waals surface area contributed by atoms with Gasteiger partial charge in [0.15, 0.2) is 0 Å². The summed E-state index contributed by atoms with van der Waals surface area (Å²) in [5.74, 6) is 0. The molecule has 0 saturated heterocycles. The molecule has 0 aliphatic carbocycles. The summed E-state index contributed by atoms with van der Waals surface area (Å²) in [7, 11) is -2.20. The maximum absolute atomic E-state index is 6.44. The Hall–Kier alpha value is -0.137. The van der Waals surface area contributed by atoms with Gasteiger partial charge >= 0.3 is 23.1 Å². The molecule has 1 nitrogen and oxygen atoms in total. The first-order valence-corrected chi connectivity index (χ1v) is 8.88. The molecule has 4 heteroatoms. The molecule has 0 fully saturated rings. The molecule has 0 spiro atoms. The maximum Gasteiger partial charge on any atom is 2.00 e. The fraction of sp³-hybridized carbons (Fsp3) is 0.235. The third-order valence-corrected chi connectivity index (χ3v) is 7.38. The monoisotopic (exact) mass is 372 g/mol. The van der Waals surface area contributed by atoms with Gasteiger partial charge in [0.2, 0.25) is 8.32 Å². The van der Waals surface area contributed by atoms with E-state index in [9.17, 15) is 0 Å². The van der Waals surface area contributed by atoms with Gasteiger partial charge in [-0.3, -0.25) is 0 Å². The van der Waals surface area contributed by atoms with E-state index in [0.717, 1.165) is 6.04 Å². The normalized spacial score (nSPS) is 10.7. The molecule has 21 heavy (non-hydrogen) atoms. The number of rotatable bonds is 5. The third-order valence-electron chi connectivity index (χ3n) is 3.27. The molecule has 0 aliphatic heterocycles. The quantitative estimate of drug-likeness (QED) is 0.513. The van der Waals surface area contributed by atoms with Crippen LogP contribution in [0.2, 0.25) is 6.04 Å². The second kappa shape index (κ2) is 9.79. The molecule has 2 aromatic rings. The standard InChI is InChI=1S/C17H21OSi.BrH.Mg/c1-4-19(18-15(2)3,16-11-7-5-8-12-16)17-13-9-6-10-14-17;;/h5-15H,1,4H2,2-3H3;1H;/q-1;;+2/p-1. The number of halogens is 1. The minimum absolute atomic E-state index is 0. The average Bonchev–Trinajstić information content (AvgIpc) is 2.46. The predicted molar refractivity (Wildman–Crippen MR) is 90.0 cm³/mol. The van der Waals surface area contributed by atoms with E-state index in [0.29, 0.717) is 0 Å². The molecule has 0 unspecified atom stereocenters. The zero-order valence-corrected chi connectivity index (χ0v) is 16.8. The van der Waals surface area contributed by atoms with Gasteiger partial charge in [0.25, 0.3) is 0 Å². The second-order valence-electron chi connectivity index (χ2n) is 4.98. The fourth-order valence-electron chi connectivity index (χ4n) is 2.47. The van der Waals surface area contributed by atoms with Crippen LogP contribution in [0.1, 0.15) is 13.8 Å². The van der Waals surface area contributed by atoms with Gasteiger partial charge in [0, 0.05) is 6.10 Å². The maximum atomic E-state index is 6.44. The van der Waals surface area contributed by atoms with Gasteiger partial charge in [-0.1, -0.05) is 60.7 Å². The van der Waals surface area contributed by atoms with E-state index in [-0.39, 0.29) is 46.1 Å². The zero-order valence-electron chi connectivity index (χ0n) is 12.8. The van der Waals surface area contributed by atoms with E-state index in [1.54, 1.807) is 0 Å². The van der Waals surface area contributed by atoms with Crippen LogP contribution in [0.3, 0.4) is 0 Å². The van der Waals surface area contributed by atoms with Crippen molar-refractivity contribution in [2.45, 2.75) is 26.0 Å². The molecule has 0 bridgehead atoms. The van der Waals surface area contributed by atoms with Crippen molar-refractivity contribution < 1.29 is 21.4 Å². The summed E-state index contributed by atoms with van der Waals surface area (Å²) in [6.07, 6.45) is 0.203. The van der Waals surface area contributed by atoms with E-state index in [1.165, 1.54) is 10.4 Å². The molecule has 0 radical (unpaired) electrons. The summed E-state index contributed by atoms with van der Waals surface area (Å²) in [5, 5.41) is 2.59. The molecular formula is C17H21BrMgOSi. The Morgan fingerprint density at radius 3 is 1.57 bits per heavy atom. The molecular weight excluding hydrogens is 352 g/mol. The van der Waals surface area contributed by atoms with Crippen molar-refractivity contribution in [2.75, 3.05) is 0 Å². The Morgan fingerprint density at radius 2 is 1.29 bits per heavy atom. The van der Waals surface area contributed by atoms with Crippen molar-refractivity contribution in [3.05, 3.63) is 67.6 Å². The van der Waals surface area contributed by atoms with Crippen LogP contribution in [0.5, 0.6) is 0 Å². The first-order chi connectivity index (χ1) is 9.19. The Bertz CT molecular complexity index is 465. The second-order valence-corrected chi connectivity index (χ2v) is 8.52. The Kier molecular flexibility index (Phi) is 9.73. The third kappa shape index (κ3) is 4.93.